The lowest BCUT2D eigenvalue weighted by Gasteiger charge is -2.07. The molecule has 0 fully saturated rings. The van der Waals surface area contributed by atoms with Crippen LogP contribution in [0.1, 0.15) is 0 Å². The van der Waals surface area contributed by atoms with Crippen LogP contribution in [0.2, 0.25) is 0 Å². The second-order valence-corrected chi connectivity index (χ2v) is 2.78. The van der Waals surface area contributed by atoms with Crippen molar-refractivity contribution in [2.24, 2.45) is 0 Å². The molecule has 0 aliphatic heterocycles. The second kappa shape index (κ2) is 4.41. The lowest BCUT2D eigenvalue weighted by molar-refractivity contribution is 0.368. The van der Waals surface area contributed by atoms with Gasteiger partial charge >= 0.3 is 6.01 Å². The summed E-state index contributed by atoms with van der Waals surface area (Å²) in [6.07, 6.45) is 3.25. The van der Waals surface area contributed by atoms with Gasteiger partial charge in [0.1, 0.15) is 0 Å². The second-order valence-electron chi connectivity index (χ2n) is 2.78. The standard InChI is InChI=1S/C11H10N2O2/c1-14-9-5-2-3-6-10(9)15-11-12-7-4-8-13-11/h2-8H,1H3. The number of ether oxygens (including phenoxy) is 2. The summed E-state index contributed by atoms with van der Waals surface area (Å²) in [5, 5.41) is 0. The molecule has 0 atom stereocenters. The fraction of sp³-hybridized carbons (Fsp3) is 0.0909. The van der Waals surface area contributed by atoms with Crippen LogP contribution in [-0.4, -0.2) is 17.1 Å². The van der Waals surface area contributed by atoms with Crippen LogP contribution in [0.5, 0.6) is 17.5 Å². The minimum atomic E-state index is 0.307. The van der Waals surface area contributed by atoms with Crippen LogP contribution in [0.4, 0.5) is 0 Å². The lowest BCUT2D eigenvalue weighted by Crippen LogP contribution is -1.93. The van der Waals surface area contributed by atoms with Crippen LogP contribution in [-0.2, 0) is 0 Å². The quantitative estimate of drug-likeness (QED) is 0.765. The molecule has 0 aliphatic carbocycles. The molecule has 2 aromatic rings. The number of hydrogen-bond donors (Lipinski definition) is 0. The fourth-order valence-corrected chi connectivity index (χ4v) is 1.14. The van der Waals surface area contributed by atoms with Crippen molar-refractivity contribution in [1.82, 2.24) is 9.97 Å². The average Bonchev–Trinajstić information content (AvgIpc) is 2.31. The van der Waals surface area contributed by atoms with Crippen molar-refractivity contribution in [1.29, 1.82) is 0 Å². The highest BCUT2D eigenvalue weighted by atomic mass is 16.5. The molecule has 0 radical (unpaired) electrons. The Morgan fingerprint density at radius 2 is 1.60 bits per heavy atom. The van der Waals surface area contributed by atoms with Crippen molar-refractivity contribution < 1.29 is 9.47 Å². The van der Waals surface area contributed by atoms with Crippen molar-refractivity contribution in [3.8, 4) is 17.5 Å². The summed E-state index contributed by atoms with van der Waals surface area (Å²) in [4.78, 5) is 7.92. The minimum absolute atomic E-state index is 0.307. The number of aromatic nitrogens is 2. The zero-order valence-corrected chi connectivity index (χ0v) is 8.25. The Kier molecular flexibility index (Phi) is 2.78. The first-order chi connectivity index (χ1) is 7.40. The first kappa shape index (κ1) is 9.45. The molecule has 0 saturated heterocycles. The van der Waals surface area contributed by atoms with E-state index in [1.54, 1.807) is 31.6 Å². The van der Waals surface area contributed by atoms with E-state index in [1.807, 2.05) is 18.2 Å². The molecular weight excluding hydrogens is 192 g/mol. The van der Waals surface area contributed by atoms with Gasteiger partial charge in [-0.1, -0.05) is 12.1 Å². The summed E-state index contributed by atoms with van der Waals surface area (Å²) in [7, 11) is 1.59. The van der Waals surface area contributed by atoms with E-state index in [0.717, 1.165) is 0 Å². The number of para-hydroxylation sites is 2. The van der Waals surface area contributed by atoms with Crippen molar-refractivity contribution in [2.45, 2.75) is 0 Å². The summed E-state index contributed by atoms with van der Waals surface area (Å²) in [5.74, 6) is 1.26. The maximum absolute atomic E-state index is 5.45. The first-order valence-corrected chi connectivity index (χ1v) is 4.48. The zero-order valence-electron chi connectivity index (χ0n) is 8.25. The van der Waals surface area contributed by atoms with Crippen molar-refractivity contribution >= 4 is 0 Å². The third kappa shape index (κ3) is 2.22. The molecule has 0 spiro atoms. The summed E-state index contributed by atoms with van der Waals surface area (Å²) in [6, 6.07) is 9.39. The third-order valence-electron chi connectivity index (χ3n) is 1.81. The highest BCUT2D eigenvalue weighted by Crippen LogP contribution is 2.28. The fourth-order valence-electron chi connectivity index (χ4n) is 1.14. The van der Waals surface area contributed by atoms with E-state index in [-0.39, 0.29) is 0 Å². The van der Waals surface area contributed by atoms with Gasteiger partial charge < -0.3 is 9.47 Å². The lowest BCUT2D eigenvalue weighted by atomic mass is 10.3. The Morgan fingerprint density at radius 3 is 2.27 bits per heavy atom. The minimum Gasteiger partial charge on any atom is -0.493 e. The molecule has 1 aromatic carbocycles. The van der Waals surface area contributed by atoms with Crippen LogP contribution < -0.4 is 9.47 Å². The van der Waals surface area contributed by atoms with Crippen LogP contribution in [0.15, 0.2) is 42.7 Å². The molecule has 0 saturated carbocycles. The molecule has 0 bridgehead atoms. The van der Waals surface area contributed by atoms with E-state index in [2.05, 4.69) is 9.97 Å². The SMILES string of the molecule is COc1ccccc1Oc1ncccn1. The number of hydrogen-bond acceptors (Lipinski definition) is 4. The van der Waals surface area contributed by atoms with Crippen LogP contribution in [0.3, 0.4) is 0 Å². The van der Waals surface area contributed by atoms with Gasteiger partial charge in [0.15, 0.2) is 11.5 Å². The van der Waals surface area contributed by atoms with Crippen molar-refractivity contribution in [3.63, 3.8) is 0 Å². The highest BCUT2D eigenvalue weighted by molar-refractivity contribution is 5.40. The van der Waals surface area contributed by atoms with Gasteiger partial charge in [-0.05, 0) is 18.2 Å². The van der Waals surface area contributed by atoms with Gasteiger partial charge in [-0.15, -0.1) is 0 Å². The molecule has 0 N–H and O–H groups in total. The molecule has 0 aliphatic rings. The third-order valence-corrected chi connectivity index (χ3v) is 1.81. The van der Waals surface area contributed by atoms with Crippen LogP contribution in [0.25, 0.3) is 0 Å². The Morgan fingerprint density at radius 1 is 0.933 bits per heavy atom. The number of methoxy groups -OCH3 is 1. The summed E-state index contributed by atoms with van der Waals surface area (Å²) < 4.78 is 10.6. The topological polar surface area (TPSA) is 44.2 Å². The molecule has 0 unspecified atom stereocenters. The highest BCUT2D eigenvalue weighted by Gasteiger charge is 2.04. The van der Waals surface area contributed by atoms with Gasteiger partial charge in [-0.25, -0.2) is 9.97 Å². The van der Waals surface area contributed by atoms with E-state index >= 15 is 0 Å². The molecule has 15 heavy (non-hydrogen) atoms. The molecule has 4 heteroatoms. The Balaban J connectivity index is 2.24. The molecule has 1 heterocycles. The molecule has 4 nitrogen and oxygen atoms in total. The Hall–Kier alpha value is -2.10. The normalized spacial score (nSPS) is 9.67. The average molecular weight is 202 g/mol. The summed E-state index contributed by atoms with van der Waals surface area (Å²) in [5.41, 5.74) is 0. The number of benzene rings is 1. The first-order valence-electron chi connectivity index (χ1n) is 4.48. The maximum atomic E-state index is 5.45. The van der Waals surface area contributed by atoms with Gasteiger partial charge in [0.05, 0.1) is 7.11 Å². The largest absolute Gasteiger partial charge is 0.493 e. The smallest absolute Gasteiger partial charge is 0.321 e. The van der Waals surface area contributed by atoms with Crippen LogP contribution >= 0.6 is 0 Å². The van der Waals surface area contributed by atoms with E-state index in [4.69, 9.17) is 9.47 Å². The maximum Gasteiger partial charge on any atom is 0.321 e. The van der Waals surface area contributed by atoms with E-state index in [1.165, 1.54) is 0 Å². The predicted octanol–water partition coefficient (Wildman–Crippen LogP) is 2.28. The van der Waals surface area contributed by atoms with Gasteiger partial charge in [0.2, 0.25) is 0 Å². The summed E-state index contributed by atoms with van der Waals surface area (Å²) in [6.45, 7) is 0. The summed E-state index contributed by atoms with van der Waals surface area (Å²) >= 11 is 0. The number of nitrogens with zero attached hydrogens (tertiary/aromatic N) is 2. The molecule has 0 amide bonds. The zero-order chi connectivity index (χ0) is 10.5. The van der Waals surface area contributed by atoms with Gasteiger partial charge in [0, 0.05) is 12.4 Å². The molecule has 1 aromatic heterocycles. The Labute approximate surface area is 87.5 Å². The van der Waals surface area contributed by atoms with Gasteiger partial charge in [-0.3, -0.25) is 0 Å². The van der Waals surface area contributed by atoms with Crippen molar-refractivity contribution in [3.05, 3.63) is 42.7 Å². The molecular formula is C11H10N2O2. The predicted molar refractivity (Wildman–Crippen MR) is 55.1 cm³/mol. The van der Waals surface area contributed by atoms with Crippen molar-refractivity contribution in [2.75, 3.05) is 7.11 Å². The number of rotatable bonds is 3. The van der Waals surface area contributed by atoms with E-state index < -0.39 is 0 Å². The monoisotopic (exact) mass is 202 g/mol. The molecule has 76 valence electrons. The van der Waals surface area contributed by atoms with Gasteiger partial charge in [0.25, 0.3) is 0 Å². The van der Waals surface area contributed by atoms with E-state index in [9.17, 15) is 0 Å². The van der Waals surface area contributed by atoms with E-state index in [0.29, 0.717) is 17.5 Å². The van der Waals surface area contributed by atoms with Crippen LogP contribution in [0, 0.1) is 0 Å². The Bertz CT molecular complexity index is 432. The van der Waals surface area contributed by atoms with Gasteiger partial charge in [-0.2, -0.15) is 0 Å². The molecule has 2 rings (SSSR count).